The van der Waals surface area contributed by atoms with Crippen LogP contribution in [-0.4, -0.2) is 14.3 Å². The third-order valence-corrected chi connectivity index (χ3v) is 5.14. The van der Waals surface area contributed by atoms with E-state index in [2.05, 4.69) is 26.0 Å². The summed E-state index contributed by atoms with van der Waals surface area (Å²) < 4.78 is 28.1. The van der Waals surface area contributed by atoms with Crippen LogP contribution in [0, 0.1) is 6.92 Å². The van der Waals surface area contributed by atoms with Crippen molar-refractivity contribution in [3.63, 3.8) is 0 Å². The topological polar surface area (TPSA) is 75.3 Å². The maximum Gasteiger partial charge on any atom is 0.261 e. The number of nitrogens with one attached hydrogen (secondary N) is 2. The fraction of sp³-hybridized carbons (Fsp3) is 0.133. The van der Waals surface area contributed by atoms with Gasteiger partial charge in [-0.15, -0.1) is 0 Å². The predicted molar refractivity (Wildman–Crippen MR) is 90.4 cm³/mol. The van der Waals surface area contributed by atoms with Crippen LogP contribution in [0.25, 0.3) is 0 Å². The van der Waals surface area contributed by atoms with E-state index in [1.54, 1.807) is 36.4 Å². The summed E-state index contributed by atoms with van der Waals surface area (Å²) in [5, 5.41) is 2.61. The van der Waals surface area contributed by atoms with Crippen molar-refractivity contribution in [1.29, 1.82) is 0 Å². The normalized spacial score (nSPS) is 11.0. The third-order valence-electron chi connectivity index (χ3n) is 2.87. The number of anilines is 2. The Kier molecular flexibility index (Phi) is 4.87. The second-order valence-corrected chi connectivity index (χ2v) is 7.32. The Morgan fingerprint density at radius 3 is 2.41 bits per heavy atom. The Bertz CT molecular complexity index is 819. The van der Waals surface area contributed by atoms with Crippen molar-refractivity contribution in [2.45, 2.75) is 18.7 Å². The van der Waals surface area contributed by atoms with Gasteiger partial charge in [-0.1, -0.05) is 22.0 Å². The number of rotatable bonds is 4. The smallest absolute Gasteiger partial charge is 0.261 e. The van der Waals surface area contributed by atoms with Gasteiger partial charge in [0.05, 0.1) is 10.6 Å². The number of sulfonamides is 1. The van der Waals surface area contributed by atoms with E-state index < -0.39 is 10.0 Å². The van der Waals surface area contributed by atoms with Crippen LogP contribution in [0.1, 0.15) is 12.5 Å². The number of carbonyl (C=O) groups is 1. The number of benzene rings is 2. The minimum Gasteiger partial charge on any atom is -0.326 e. The fourth-order valence-electron chi connectivity index (χ4n) is 1.86. The standard InChI is InChI=1S/C15H15BrN2O3S/c1-10-8-14(6-7-15(10)16)22(20,21)18-13-5-3-4-12(9-13)17-11(2)19/h3-9,18H,1-2H3,(H,17,19). The first kappa shape index (κ1) is 16.5. The molecule has 0 fully saturated rings. The monoisotopic (exact) mass is 382 g/mol. The Morgan fingerprint density at radius 1 is 1.09 bits per heavy atom. The second-order valence-electron chi connectivity index (χ2n) is 4.78. The molecule has 0 aromatic heterocycles. The van der Waals surface area contributed by atoms with Crippen molar-refractivity contribution in [2.75, 3.05) is 10.0 Å². The molecule has 0 atom stereocenters. The van der Waals surface area contributed by atoms with Crippen LogP contribution in [0.5, 0.6) is 0 Å². The van der Waals surface area contributed by atoms with Crippen LogP contribution in [0.4, 0.5) is 11.4 Å². The predicted octanol–water partition coefficient (Wildman–Crippen LogP) is 3.52. The summed E-state index contributed by atoms with van der Waals surface area (Å²) in [7, 11) is -3.68. The lowest BCUT2D eigenvalue weighted by molar-refractivity contribution is -0.114. The molecule has 1 amide bonds. The Balaban J connectivity index is 2.28. The van der Waals surface area contributed by atoms with E-state index in [-0.39, 0.29) is 10.8 Å². The van der Waals surface area contributed by atoms with Gasteiger partial charge in [0.1, 0.15) is 0 Å². The van der Waals surface area contributed by atoms with Crippen molar-refractivity contribution in [3.8, 4) is 0 Å². The van der Waals surface area contributed by atoms with E-state index in [9.17, 15) is 13.2 Å². The van der Waals surface area contributed by atoms with Gasteiger partial charge in [-0.05, 0) is 48.9 Å². The summed E-state index contributed by atoms with van der Waals surface area (Å²) in [6, 6.07) is 11.3. The number of halogens is 1. The molecule has 2 rings (SSSR count). The Morgan fingerprint density at radius 2 is 1.77 bits per heavy atom. The summed E-state index contributed by atoms with van der Waals surface area (Å²) >= 11 is 3.34. The summed E-state index contributed by atoms with van der Waals surface area (Å²) in [6.45, 7) is 3.21. The molecule has 0 bridgehead atoms. The van der Waals surface area contributed by atoms with Crippen molar-refractivity contribution in [3.05, 3.63) is 52.5 Å². The number of hydrogen-bond acceptors (Lipinski definition) is 3. The molecule has 0 aliphatic heterocycles. The van der Waals surface area contributed by atoms with Crippen LogP contribution >= 0.6 is 15.9 Å². The van der Waals surface area contributed by atoms with Crippen LogP contribution in [0.2, 0.25) is 0 Å². The van der Waals surface area contributed by atoms with Gasteiger partial charge in [0, 0.05) is 17.1 Å². The zero-order chi connectivity index (χ0) is 16.3. The number of aryl methyl sites for hydroxylation is 1. The molecular weight excluding hydrogens is 368 g/mol. The van der Waals surface area contributed by atoms with Crippen LogP contribution in [0.15, 0.2) is 51.8 Å². The van der Waals surface area contributed by atoms with Crippen molar-refractivity contribution in [1.82, 2.24) is 0 Å². The number of carbonyl (C=O) groups excluding carboxylic acids is 1. The zero-order valence-electron chi connectivity index (χ0n) is 12.1. The first-order valence-corrected chi connectivity index (χ1v) is 8.72. The van der Waals surface area contributed by atoms with Gasteiger partial charge in [0.25, 0.3) is 10.0 Å². The largest absolute Gasteiger partial charge is 0.326 e. The molecule has 0 spiro atoms. The minimum absolute atomic E-state index is 0.179. The summed E-state index contributed by atoms with van der Waals surface area (Å²) in [5.41, 5.74) is 1.74. The Hall–Kier alpha value is -1.86. The van der Waals surface area contributed by atoms with Gasteiger partial charge < -0.3 is 5.32 Å². The lowest BCUT2D eigenvalue weighted by atomic mass is 10.2. The van der Waals surface area contributed by atoms with E-state index in [1.807, 2.05) is 6.92 Å². The Labute approximate surface area is 137 Å². The average molecular weight is 383 g/mol. The van der Waals surface area contributed by atoms with Crippen LogP contribution < -0.4 is 10.0 Å². The molecule has 0 unspecified atom stereocenters. The van der Waals surface area contributed by atoms with Crippen LogP contribution in [-0.2, 0) is 14.8 Å². The highest BCUT2D eigenvalue weighted by Crippen LogP contribution is 2.23. The third kappa shape index (κ3) is 4.08. The van der Waals surface area contributed by atoms with E-state index in [0.29, 0.717) is 11.4 Å². The number of amides is 1. The summed E-state index contributed by atoms with van der Waals surface area (Å²) in [4.78, 5) is 11.2. The molecular formula is C15H15BrN2O3S. The molecule has 0 aliphatic rings. The van der Waals surface area contributed by atoms with E-state index >= 15 is 0 Å². The van der Waals surface area contributed by atoms with Gasteiger partial charge in [0.2, 0.25) is 5.91 Å². The van der Waals surface area contributed by atoms with Crippen molar-refractivity contribution >= 4 is 43.2 Å². The molecule has 2 aromatic carbocycles. The van der Waals surface area contributed by atoms with Gasteiger partial charge in [-0.25, -0.2) is 8.42 Å². The van der Waals surface area contributed by atoms with Crippen molar-refractivity contribution in [2.24, 2.45) is 0 Å². The highest BCUT2D eigenvalue weighted by Gasteiger charge is 2.15. The van der Waals surface area contributed by atoms with Gasteiger partial charge in [0.15, 0.2) is 0 Å². The van der Waals surface area contributed by atoms with Crippen LogP contribution in [0.3, 0.4) is 0 Å². The maximum absolute atomic E-state index is 12.4. The maximum atomic E-state index is 12.4. The molecule has 0 saturated carbocycles. The van der Waals surface area contributed by atoms with Gasteiger partial charge >= 0.3 is 0 Å². The highest BCUT2D eigenvalue weighted by atomic mass is 79.9. The molecule has 0 radical (unpaired) electrons. The summed E-state index contributed by atoms with van der Waals surface area (Å²) in [6.07, 6.45) is 0. The first-order chi connectivity index (χ1) is 10.3. The summed E-state index contributed by atoms with van der Waals surface area (Å²) in [5.74, 6) is -0.219. The molecule has 7 heteroatoms. The molecule has 0 heterocycles. The lowest BCUT2D eigenvalue weighted by Crippen LogP contribution is -2.13. The van der Waals surface area contributed by atoms with Crippen molar-refractivity contribution < 1.29 is 13.2 Å². The average Bonchev–Trinajstić information content (AvgIpc) is 2.40. The van der Waals surface area contributed by atoms with E-state index in [0.717, 1.165) is 10.0 Å². The van der Waals surface area contributed by atoms with E-state index in [1.165, 1.54) is 13.0 Å². The molecule has 5 nitrogen and oxygen atoms in total. The SMILES string of the molecule is CC(=O)Nc1cccc(NS(=O)(=O)c2ccc(Br)c(C)c2)c1. The molecule has 0 saturated heterocycles. The van der Waals surface area contributed by atoms with Gasteiger partial charge in [-0.3, -0.25) is 9.52 Å². The number of hydrogen-bond donors (Lipinski definition) is 2. The fourth-order valence-corrected chi connectivity index (χ4v) is 3.24. The van der Waals surface area contributed by atoms with E-state index in [4.69, 9.17) is 0 Å². The lowest BCUT2D eigenvalue weighted by Gasteiger charge is -2.10. The minimum atomic E-state index is -3.68. The molecule has 0 aliphatic carbocycles. The molecule has 2 N–H and O–H groups in total. The zero-order valence-corrected chi connectivity index (χ0v) is 14.5. The second kappa shape index (κ2) is 6.50. The highest BCUT2D eigenvalue weighted by molar-refractivity contribution is 9.10. The molecule has 2 aromatic rings. The molecule has 22 heavy (non-hydrogen) atoms. The quantitative estimate of drug-likeness (QED) is 0.849. The first-order valence-electron chi connectivity index (χ1n) is 6.44. The van der Waals surface area contributed by atoms with Gasteiger partial charge in [-0.2, -0.15) is 0 Å². The molecule has 116 valence electrons.